The zero-order valence-electron chi connectivity index (χ0n) is 69.6. The van der Waals surface area contributed by atoms with E-state index < -0.39 is 0 Å². The van der Waals surface area contributed by atoms with Gasteiger partial charge in [-0.15, -0.1) is 11.3 Å². The minimum Gasteiger partial charge on any atom is -0.491 e. The second-order valence-electron chi connectivity index (χ2n) is 31.0. The molecule has 0 fully saturated rings. The highest BCUT2D eigenvalue weighted by Gasteiger charge is 2.19. The number of rotatable bonds is 31. The van der Waals surface area contributed by atoms with E-state index in [-0.39, 0.29) is 89.7 Å². The highest BCUT2D eigenvalue weighted by Crippen LogP contribution is 2.24. The van der Waals surface area contributed by atoms with Crippen molar-refractivity contribution >= 4 is 79.5 Å². The van der Waals surface area contributed by atoms with Gasteiger partial charge in [0.15, 0.2) is 44.7 Å². The van der Waals surface area contributed by atoms with E-state index in [0.29, 0.717) is 58.3 Å². The van der Waals surface area contributed by atoms with Gasteiger partial charge in [-0.05, 0) is 127 Å². The lowest BCUT2D eigenvalue weighted by Crippen LogP contribution is -2.22. The fourth-order valence-corrected chi connectivity index (χ4v) is 11.3. The minimum absolute atomic E-state index is 0. The van der Waals surface area contributed by atoms with E-state index in [1.165, 1.54) is 33.8 Å². The number of carbonyl (C=O) groups is 7. The van der Waals surface area contributed by atoms with Crippen LogP contribution in [0.25, 0.3) is 0 Å². The topological polar surface area (TPSA) is 215 Å². The van der Waals surface area contributed by atoms with Gasteiger partial charge in [0, 0.05) is 130 Å². The Kier molecular flexibility index (Phi) is 48.4. The first-order chi connectivity index (χ1) is 49.5. The minimum atomic E-state index is 0. The number of benzene rings is 5. The van der Waals surface area contributed by atoms with Gasteiger partial charge in [0.05, 0.1) is 18.0 Å². The molecule has 7 aromatic rings. The zero-order valence-corrected chi connectivity index (χ0v) is 71.2. The smallest absolute Gasteiger partial charge is 0.193 e. The molecule has 0 aliphatic heterocycles. The molecule has 7 rings (SSSR count). The lowest BCUT2D eigenvalue weighted by atomic mass is 9.99. The Balaban J connectivity index is 0.00000122. The molecule has 2 aromatic heterocycles. The Morgan fingerprint density at radius 2 is 0.813 bits per heavy atom. The lowest BCUT2D eigenvalue weighted by Gasteiger charge is -2.11. The zero-order chi connectivity index (χ0) is 80.7. The number of ether oxygens (including phenoxy) is 1. The molecule has 0 saturated heterocycles. The molecule has 0 bridgehead atoms. The molecular weight excluding hydrogens is 1370 g/mol. The first-order valence-electron chi connectivity index (χ1n) is 38.1. The number of Topliss-reactive ketones (excluding diaryl/α,β-unsaturated/α-hetero) is 7. The number of nitrogens with one attached hydrogen (secondary N) is 5. The molecule has 0 unspecified atom stereocenters. The van der Waals surface area contributed by atoms with Crippen molar-refractivity contribution in [1.29, 1.82) is 0 Å². The number of nitrogens with zero attached hydrogens (tertiary/aromatic N) is 2. The maximum atomic E-state index is 11.8. The molecule has 15 nitrogen and oxygen atoms in total. The van der Waals surface area contributed by atoms with Crippen LogP contribution in [0.1, 0.15) is 285 Å². The Morgan fingerprint density at radius 1 is 0.393 bits per heavy atom. The van der Waals surface area contributed by atoms with Crippen molar-refractivity contribution in [2.45, 2.75) is 264 Å². The normalized spacial score (nSPS) is 10.9. The number of aromatic nitrogens is 2. The molecule has 0 spiro atoms. The summed E-state index contributed by atoms with van der Waals surface area (Å²) in [6.45, 7) is 57.7. The Morgan fingerprint density at radius 3 is 1.26 bits per heavy atom. The van der Waals surface area contributed by atoms with E-state index in [9.17, 15) is 33.6 Å². The molecule has 0 amide bonds. The van der Waals surface area contributed by atoms with Crippen molar-refractivity contribution in [3.05, 3.63) is 188 Å². The summed E-state index contributed by atoms with van der Waals surface area (Å²) < 4.78 is 5.53. The lowest BCUT2D eigenvalue weighted by molar-refractivity contribution is -0.121. The molecule has 0 aliphatic carbocycles. The van der Waals surface area contributed by atoms with Crippen molar-refractivity contribution < 1.29 is 38.3 Å². The SMILES string of the molecule is C.CC(C)Cc1csc(C(=O)C(C)C)n1.CC(C)NCc1ccc(C(=O)C(C)C)cc1.CC(C)NCc1cccc(C(=O)C(C)C)c1.CC(C)Nc1ccc(CC(=O)C(C)C)cc1.CC(C)Nc1cccc(C(=O)C(C)C)c1.CC(C)Nc1cnc(C(=O)C(C)C)s1.CC(C)Oc1cccc(C(=O)C(C)C)c1. The van der Waals surface area contributed by atoms with E-state index in [1.807, 2.05) is 237 Å². The summed E-state index contributed by atoms with van der Waals surface area (Å²) in [4.78, 5) is 90.2. The third-order valence-corrected chi connectivity index (χ3v) is 16.9. The highest BCUT2D eigenvalue weighted by atomic mass is 32.1. The predicted octanol–water partition coefficient (Wildman–Crippen LogP) is 22.6. The van der Waals surface area contributed by atoms with Gasteiger partial charge >= 0.3 is 0 Å². The van der Waals surface area contributed by atoms with Gasteiger partial charge in [-0.1, -0.05) is 236 Å². The van der Waals surface area contributed by atoms with Crippen molar-refractivity contribution in [3.63, 3.8) is 0 Å². The molecule has 0 aliphatic rings. The van der Waals surface area contributed by atoms with Crippen LogP contribution in [0.5, 0.6) is 5.75 Å². The van der Waals surface area contributed by atoms with Crippen molar-refractivity contribution in [2.75, 3.05) is 16.0 Å². The van der Waals surface area contributed by atoms with Crippen molar-refractivity contribution in [3.8, 4) is 5.75 Å². The maximum absolute atomic E-state index is 11.8. The molecule has 592 valence electrons. The number of carbonyl (C=O) groups excluding carboxylic acids is 7. The van der Waals surface area contributed by atoms with Crippen LogP contribution in [0.4, 0.5) is 16.4 Å². The summed E-state index contributed by atoms with van der Waals surface area (Å²) in [6.07, 6.45) is 3.36. The summed E-state index contributed by atoms with van der Waals surface area (Å²) in [7, 11) is 0. The largest absolute Gasteiger partial charge is 0.491 e. The average molecular weight is 1510 g/mol. The fraction of sp³-hybridized carbons (Fsp3) is 0.522. The van der Waals surface area contributed by atoms with Crippen LogP contribution in [0.2, 0.25) is 0 Å². The van der Waals surface area contributed by atoms with Gasteiger partial charge < -0.3 is 31.3 Å². The van der Waals surface area contributed by atoms with Gasteiger partial charge in [-0.25, -0.2) is 9.97 Å². The second-order valence-corrected chi connectivity index (χ2v) is 32.9. The molecule has 0 saturated carbocycles. The molecule has 5 N–H and O–H groups in total. The number of ketones is 7. The third kappa shape index (κ3) is 42.5. The predicted molar refractivity (Wildman–Crippen MR) is 456 cm³/mol. The number of hydrogen-bond donors (Lipinski definition) is 5. The molecule has 2 heterocycles. The fourth-order valence-electron chi connectivity index (χ4n) is 9.31. The Bertz CT molecular complexity index is 3570. The Hall–Kier alpha value is -7.83. The number of thiazole rings is 2. The van der Waals surface area contributed by atoms with E-state index in [2.05, 4.69) is 120 Å². The van der Waals surface area contributed by atoms with Crippen LogP contribution in [0, 0.1) is 47.3 Å². The molecule has 17 heteroatoms. The number of anilines is 3. The molecule has 0 atom stereocenters. The van der Waals surface area contributed by atoms with Crippen LogP contribution in [-0.4, -0.2) is 86.8 Å². The van der Waals surface area contributed by atoms with Gasteiger partial charge in [-0.2, -0.15) is 0 Å². The summed E-state index contributed by atoms with van der Waals surface area (Å²) >= 11 is 2.89. The van der Waals surface area contributed by atoms with Crippen LogP contribution in [0.3, 0.4) is 0 Å². The molecule has 107 heavy (non-hydrogen) atoms. The average Bonchev–Trinajstić information content (AvgIpc) is 1.69. The maximum Gasteiger partial charge on any atom is 0.193 e. The van der Waals surface area contributed by atoms with Crippen LogP contribution < -0.4 is 31.3 Å². The summed E-state index contributed by atoms with van der Waals surface area (Å²) in [5, 5.41) is 20.7. The second kappa shape index (κ2) is 52.3. The van der Waals surface area contributed by atoms with E-state index in [0.717, 1.165) is 75.1 Å². The first-order valence-corrected chi connectivity index (χ1v) is 39.8. The van der Waals surface area contributed by atoms with E-state index in [4.69, 9.17) is 4.74 Å². The highest BCUT2D eigenvalue weighted by molar-refractivity contribution is 7.17. The standard InChI is InChI=1S/3C14H21NO.C13H19NO.C13H18O2.C11H17NOS.C10H16N2OS.CH4/c1-10(2)14(16)13-7-5-12(6-8-13)9-15-11(3)4;1-10(2)14(16)9-12-5-7-13(8-6-12)15-11(3)4;1-10(2)14(16)13-7-5-6-12(8-13)9-15-11(3)4;1-9(2)13(15)11-6-5-7-12(8-11)14-10(3)4;1-9(2)13(14)11-6-5-7-12(8-11)15-10(3)4;1-7(2)5-9-6-14-11(12-9)10(13)8(3)4;1-6(2)9(13)10-11-5-8(14-10)12-7(3)4;/h3*5-8,10-11,15H,9H2,1-4H3;5-10,14H,1-4H3;5-10H,1-4H3;6-8H,5H2,1-4H3;5-7,12H,1-4H3;1H4. The van der Waals surface area contributed by atoms with Crippen molar-refractivity contribution in [2.24, 2.45) is 47.3 Å². The van der Waals surface area contributed by atoms with E-state index in [1.54, 1.807) is 6.20 Å². The van der Waals surface area contributed by atoms with E-state index >= 15 is 0 Å². The monoisotopic (exact) mass is 1510 g/mol. The quantitative estimate of drug-likeness (QED) is 0.0256. The molecular formula is C90H137N7O8S2. The van der Waals surface area contributed by atoms with Crippen LogP contribution in [0.15, 0.2) is 133 Å². The molecule has 5 aromatic carbocycles. The van der Waals surface area contributed by atoms with Crippen LogP contribution >= 0.6 is 22.7 Å². The van der Waals surface area contributed by atoms with Gasteiger partial charge in [-0.3, -0.25) is 33.6 Å². The first kappa shape index (κ1) is 99.2. The number of hydrogen-bond acceptors (Lipinski definition) is 17. The third-order valence-electron chi connectivity index (χ3n) is 15.1. The summed E-state index contributed by atoms with van der Waals surface area (Å²) in [5.41, 5.74) is 9.78. The van der Waals surface area contributed by atoms with Gasteiger partial charge in [0.2, 0.25) is 0 Å². The molecule has 0 radical (unpaired) electrons. The van der Waals surface area contributed by atoms with Gasteiger partial charge in [0.1, 0.15) is 16.5 Å². The Labute approximate surface area is 654 Å². The van der Waals surface area contributed by atoms with Gasteiger partial charge in [0.25, 0.3) is 0 Å². The van der Waals surface area contributed by atoms with Crippen LogP contribution in [-0.2, 0) is 30.7 Å². The summed E-state index contributed by atoms with van der Waals surface area (Å²) in [5.74, 6) is 3.11. The van der Waals surface area contributed by atoms with Crippen molar-refractivity contribution in [1.82, 2.24) is 20.6 Å². The summed E-state index contributed by atoms with van der Waals surface area (Å²) in [6, 6.07) is 41.0.